The van der Waals surface area contributed by atoms with Crippen LogP contribution in [-0.4, -0.2) is 29.0 Å². The van der Waals surface area contributed by atoms with Crippen LogP contribution in [0.3, 0.4) is 0 Å². The first-order valence-corrected chi connectivity index (χ1v) is 6.53. The fourth-order valence-electron chi connectivity index (χ4n) is 0.687. The van der Waals surface area contributed by atoms with Gasteiger partial charge in [0.25, 0.3) is 0 Å². The van der Waals surface area contributed by atoms with Crippen LogP contribution in [0.15, 0.2) is 17.0 Å². The average Bonchev–Trinajstić information content (AvgIpc) is 1.97. The first-order chi connectivity index (χ1) is 5.82. The fraction of sp³-hybridized carbons (Fsp3) is 0. The molecule has 0 bridgehead atoms. The number of phenols is 1. The summed E-state index contributed by atoms with van der Waals surface area (Å²) in [5.41, 5.74) is 0. The molecule has 5 N–H and O–H groups in total. The van der Waals surface area contributed by atoms with Crippen LogP contribution in [0.2, 0.25) is 0 Å². The Balaban J connectivity index is -0.000000563. The fourth-order valence-corrected chi connectivity index (χ4v) is 3.40. The van der Waals surface area contributed by atoms with Gasteiger partial charge in [0.2, 0.25) is 0 Å². The van der Waals surface area contributed by atoms with Gasteiger partial charge in [-0.15, -0.1) is 0 Å². The summed E-state index contributed by atoms with van der Waals surface area (Å²) in [6.45, 7) is 0. The largest absolute Gasteiger partial charge is 1.00 e. The molecule has 0 atom stereocenters. The van der Waals surface area contributed by atoms with Gasteiger partial charge in [-0.3, -0.25) is 0 Å². The third-order valence-electron chi connectivity index (χ3n) is 1.28. The Bertz CT molecular complexity index is 425. The Morgan fingerprint density at radius 2 is 1.44 bits per heavy atom. The van der Waals surface area contributed by atoms with Gasteiger partial charge < -0.3 is 20.6 Å². The molecule has 0 amide bonds. The van der Waals surface area contributed by atoms with Crippen LogP contribution in [-0.2, 0) is 10.1 Å². The molecule has 0 fully saturated rings. The molecule has 1 rings (SSSR count). The predicted molar refractivity (Wildman–Crippen MR) is 68.7 cm³/mol. The van der Waals surface area contributed by atoms with Crippen LogP contribution in [0.4, 0.5) is 0 Å². The summed E-state index contributed by atoms with van der Waals surface area (Å²) in [5, 5.41) is 9.28. The normalized spacial score (nSPS) is 9.44. The molecular weight excluding hydrogens is 477 g/mol. The Labute approximate surface area is 142 Å². The number of aromatic hydroxyl groups is 1. The summed E-state index contributed by atoms with van der Waals surface area (Å²) < 4.78 is 32.5. The maximum absolute atomic E-state index is 10.6. The van der Waals surface area contributed by atoms with Crippen molar-refractivity contribution in [2.45, 2.75) is 4.90 Å². The Kier molecular flexibility index (Phi) is 11.8. The molecule has 0 aliphatic heterocycles. The Morgan fingerprint density at radius 1 is 1.12 bits per heavy atom. The molecular formula is C6H7I2NaO6S. The van der Waals surface area contributed by atoms with E-state index in [9.17, 15) is 18.1 Å². The Hall–Kier alpha value is 1.31. The minimum Gasteiger partial charge on any atom is -0.744 e. The molecule has 0 spiro atoms. The third kappa shape index (κ3) is 5.77. The minimum absolute atomic E-state index is 0. The second-order valence-electron chi connectivity index (χ2n) is 2.19. The molecule has 0 aliphatic carbocycles. The zero-order chi connectivity index (χ0) is 10.2. The van der Waals surface area contributed by atoms with E-state index in [4.69, 9.17) is 0 Å². The van der Waals surface area contributed by atoms with Crippen LogP contribution in [0.1, 0.15) is 0 Å². The van der Waals surface area contributed by atoms with Crippen molar-refractivity contribution >= 4 is 55.3 Å². The first kappa shape index (κ1) is 22.5. The summed E-state index contributed by atoms with van der Waals surface area (Å²) in [7, 11) is -4.44. The number of phenolic OH excluding ortho intramolecular Hbond substituents is 1. The molecule has 10 heteroatoms. The third-order valence-corrected chi connectivity index (χ3v) is 3.74. The van der Waals surface area contributed by atoms with Gasteiger partial charge in [-0.2, -0.15) is 0 Å². The van der Waals surface area contributed by atoms with E-state index in [1.807, 2.05) is 0 Å². The quantitative estimate of drug-likeness (QED) is 0.256. The summed E-state index contributed by atoms with van der Waals surface area (Å²) in [6, 6.07) is 2.28. The van der Waals surface area contributed by atoms with Crippen molar-refractivity contribution in [3.63, 3.8) is 0 Å². The molecule has 0 heterocycles. The van der Waals surface area contributed by atoms with Crippen LogP contribution in [0.25, 0.3) is 0 Å². The molecule has 0 saturated heterocycles. The van der Waals surface area contributed by atoms with E-state index in [1.165, 1.54) is 0 Å². The van der Waals surface area contributed by atoms with Crippen LogP contribution < -0.4 is 29.6 Å². The summed E-state index contributed by atoms with van der Waals surface area (Å²) in [6.07, 6.45) is 0. The van der Waals surface area contributed by atoms with Crippen molar-refractivity contribution in [3.05, 3.63) is 19.3 Å². The number of rotatable bonds is 1. The molecule has 88 valence electrons. The molecule has 16 heavy (non-hydrogen) atoms. The second kappa shape index (κ2) is 8.42. The van der Waals surface area contributed by atoms with Crippen molar-refractivity contribution in [2.24, 2.45) is 0 Å². The zero-order valence-electron chi connectivity index (χ0n) is 7.99. The van der Waals surface area contributed by atoms with Crippen LogP contribution in [0, 0.1) is 7.14 Å². The van der Waals surface area contributed by atoms with Gasteiger partial charge in [-0.1, -0.05) is 0 Å². The van der Waals surface area contributed by atoms with Gasteiger partial charge in [0, 0.05) is 0 Å². The van der Waals surface area contributed by atoms with Crippen LogP contribution in [0.5, 0.6) is 5.75 Å². The van der Waals surface area contributed by atoms with Gasteiger partial charge in [-0.05, 0) is 57.3 Å². The van der Waals surface area contributed by atoms with Crippen LogP contribution >= 0.6 is 45.2 Å². The molecule has 0 aromatic heterocycles. The van der Waals surface area contributed by atoms with Gasteiger partial charge in [0.1, 0.15) is 15.9 Å². The summed E-state index contributed by atoms with van der Waals surface area (Å²) in [5.74, 6) is -0.00593. The number of benzene rings is 1. The van der Waals surface area contributed by atoms with E-state index in [1.54, 1.807) is 45.2 Å². The smallest absolute Gasteiger partial charge is 0.744 e. The standard InChI is InChI=1S/C6H4I2O4S.Na.2H2O/c7-4-1-3(13(10,11)12)2-5(8)6(4)9;;;/h1-2,9H,(H,10,11,12);;2*1H2/q;+1;;/p-1. The average molecular weight is 484 g/mol. The summed E-state index contributed by atoms with van der Waals surface area (Å²) >= 11 is 3.51. The monoisotopic (exact) mass is 484 g/mol. The van der Waals surface area contributed by atoms with E-state index >= 15 is 0 Å². The van der Waals surface area contributed by atoms with E-state index in [0.29, 0.717) is 7.14 Å². The molecule has 0 aliphatic rings. The minimum atomic E-state index is -4.44. The topological polar surface area (TPSA) is 140 Å². The first-order valence-electron chi connectivity index (χ1n) is 2.96. The summed E-state index contributed by atoms with van der Waals surface area (Å²) in [4.78, 5) is -0.320. The van der Waals surface area contributed by atoms with E-state index < -0.39 is 10.1 Å². The predicted octanol–water partition coefficient (Wildman–Crippen LogP) is -3.14. The van der Waals surface area contributed by atoms with E-state index in [-0.39, 0.29) is 51.2 Å². The zero-order valence-corrected chi connectivity index (χ0v) is 15.1. The molecule has 0 unspecified atom stereocenters. The van der Waals surface area contributed by atoms with Gasteiger partial charge in [0.15, 0.2) is 0 Å². The van der Waals surface area contributed by atoms with Crippen molar-refractivity contribution < 1.29 is 58.6 Å². The maximum Gasteiger partial charge on any atom is 1.00 e. The van der Waals surface area contributed by atoms with Crippen molar-refractivity contribution in [1.82, 2.24) is 0 Å². The van der Waals surface area contributed by atoms with Crippen molar-refractivity contribution in [2.75, 3.05) is 0 Å². The van der Waals surface area contributed by atoms with Crippen molar-refractivity contribution in [1.29, 1.82) is 0 Å². The number of halogens is 2. The van der Waals surface area contributed by atoms with E-state index in [0.717, 1.165) is 12.1 Å². The van der Waals surface area contributed by atoms with Crippen molar-refractivity contribution in [3.8, 4) is 5.75 Å². The SMILES string of the molecule is O.O.O=S(=O)([O-])c1cc(I)c(O)c(I)c1.[Na+]. The van der Waals surface area contributed by atoms with E-state index in [2.05, 4.69) is 0 Å². The van der Waals surface area contributed by atoms with Gasteiger partial charge in [-0.25, -0.2) is 8.42 Å². The molecule has 1 aromatic carbocycles. The second-order valence-corrected chi connectivity index (χ2v) is 5.89. The molecule has 0 saturated carbocycles. The molecule has 1 aromatic rings. The van der Waals surface area contributed by atoms with Gasteiger partial charge in [0.05, 0.1) is 12.0 Å². The number of hydrogen-bond donors (Lipinski definition) is 1. The van der Waals surface area contributed by atoms with Gasteiger partial charge >= 0.3 is 29.6 Å². The molecule has 6 nitrogen and oxygen atoms in total. The Morgan fingerprint density at radius 3 is 1.69 bits per heavy atom. The number of hydrogen-bond acceptors (Lipinski definition) is 4. The maximum atomic E-state index is 10.6. The molecule has 0 radical (unpaired) electrons.